The van der Waals surface area contributed by atoms with E-state index in [1.807, 2.05) is 0 Å². The molecule has 7 heteroatoms. The zero-order valence-corrected chi connectivity index (χ0v) is 11.1. The van der Waals surface area contributed by atoms with Crippen LogP contribution in [0.15, 0.2) is 22.7 Å². The summed E-state index contributed by atoms with van der Waals surface area (Å²) < 4.78 is 38.4. The van der Waals surface area contributed by atoms with Crippen LogP contribution in [0.3, 0.4) is 0 Å². The van der Waals surface area contributed by atoms with Crippen molar-refractivity contribution >= 4 is 27.7 Å². The second-order valence-corrected chi connectivity index (χ2v) is 5.16. The second kappa shape index (κ2) is 4.96. The summed E-state index contributed by atoms with van der Waals surface area (Å²) in [5.74, 6) is -1.46. The van der Waals surface area contributed by atoms with E-state index in [0.717, 1.165) is 12.1 Å². The predicted molar refractivity (Wildman–Crippen MR) is 64.3 cm³/mol. The summed E-state index contributed by atoms with van der Waals surface area (Å²) >= 11 is 3.16. The van der Waals surface area contributed by atoms with Gasteiger partial charge in [0, 0.05) is 23.2 Å². The Morgan fingerprint density at radius 2 is 1.74 bits per heavy atom. The lowest BCUT2D eigenvalue weighted by Crippen LogP contribution is -2.37. The first-order chi connectivity index (χ1) is 8.77. The van der Waals surface area contributed by atoms with Gasteiger partial charge in [0.15, 0.2) is 0 Å². The van der Waals surface area contributed by atoms with Gasteiger partial charge in [-0.05, 0) is 23.8 Å². The SMILES string of the molecule is O=C1CC(c2cc(C(F)(F)F)ccc2Br)CC(=O)N1. The lowest BCUT2D eigenvalue weighted by atomic mass is 9.88. The molecule has 0 unspecified atom stereocenters. The van der Waals surface area contributed by atoms with Crippen molar-refractivity contribution in [1.82, 2.24) is 5.32 Å². The van der Waals surface area contributed by atoms with Crippen LogP contribution in [0.5, 0.6) is 0 Å². The van der Waals surface area contributed by atoms with Gasteiger partial charge in [0.2, 0.25) is 11.8 Å². The molecule has 0 aromatic heterocycles. The summed E-state index contributed by atoms with van der Waals surface area (Å²) in [6.07, 6.45) is -4.44. The molecule has 1 fully saturated rings. The summed E-state index contributed by atoms with van der Waals surface area (Å²) in [5, 5.41) is 2.13. The quantitative estimate of drug-likeness (QED) is 0.802. The Morgan fingerprint density at radius 3 is 2.26 bits per heavy atom. The van der Waals surface area contributed by atoms with Crippen LogP contribution < -0.4 is 5.32 Å². The number of amides is 2. The highest BCUT2D eigenvalue weighted by Gasteiger charge is 2.33. The summed E-state index contributed by atoms with van der Waals surface area (Å²) in [6.45, 7) is 0. The zero-order chi connectivity index (χ0) is 14.2. The number of nitrogens with one attached hydrogen (secondary N) is 1. The van der Waals surface area contributed by atoms with Crippen LogP contribution >= 0.6 is 15.9 Å². The van der Waals surface area contributed by atoms with E-state index in [1.54, 1.807) is 0 Å². The monoisotopic (exact) mass is 335 g/mol. The van der Waals surface area contributed by atoms with Gasteiger partial charge in [-0.25, -0.2) is 0 Å². The van der Waals surface area contributed by atoms with Crippen molar-refractivity contribution in [3.05, 3.63) is 33.8 Å². The Morgan fingerprint density at radius 1 is 1.16 bits per heavy atom. The van der Waals surface area contributed by atoms with Crippen LogP contribution in [0, 0.1) is 0 Å². The molecule has 0 atom stereocenters. The minimum Gasteiger partial charge on any atom is -0.296 e. The normalized spacial score (nSPS) is 17.5. The van der Waals surface area contributed by atoms with Gasteiger partial charge in [-0.15, -0.1) is 0 Å². The average Bonchev–Trinajstić information content (AvgIpc) is 2.26. The van der Waals surface area contributed by atoms with Crippen LogP contribution in [0.2, 0.25) is 0 Å². The summed E-state index contributed by atoms with van der Waals surface area (Å²) in [4.78, 5) is 22.6. The van der Waals surface area contributed by atoms with E-state index in [2.05, 4.69) is 21.2 Å². The Kier molecular flexibility index (Phi) is 3.66. The number of piperidine rings is 1. The number of carbonyl (C=O) groups is 2. The lowest BCUT2D eigenvalue weighted by molar-refractivity contribution is -0.137. The van der Waals surface area contributed by atoms with E-state index in [0.29, 0.717) is 10.0 Å². The van der Waals surface area contributed by atoms with Crippen LogP contribution in [0.25, 0.3) is 0 Å². The summed E-state index contributed by atoms with van der Waals surface area (Å²) in [7, 11) is 0. The van der Waals surface area contributed by atoms with Gasteiger partial charge in [0.25, 0.3) is 0 Å². The van der Waals surface area contributed by atoms with Crippen molar-refractivity contribution in [2.45, 2.75) is 24.9 Å². The molecule has 2 rings (SSSR count). The molecular formula is C12H9BrF3NO2. The molecule has 2 amide bonds. The van der Waals surface area contributed by atoms with Crippen molar-refractivity contribution in [3.63, 3.8) is 0 Å². The van der Waals surface area contributed by atoms with Crippen LogP contribution in [-0.2, 0) is 15.8 Å². The molecule has 1 heterocycles. The largest absolute Gasteiger partial charge is 0.416 e. The Hall–Kier alpha value is -1.37. The average molecular weight is 336 g/mol. The molecular weight excluding hydrogens is 327 g/mol. The molecule has 0 radical (unpaired) electrons. The first-order valence-corrected chi connectivity index (χ1v) is 6.26. The molecule has 1 saturated heterocycles. The third kappa shape index (κ3) is 3.15. The predicted octanol–water partition coefficient (Wildman–Crippen LogP) is 2.99. The highest BCUT2D eigenvalue weighted by atomic mass is 79.9. The van der Waals surface area contributed by atoms with Crippen LogP contribution in [0.1, 0.15) is 29.9 Å². The summed E-state index contributed by atoms with van der Waals surface area (Å²) in [5.41, 5.74) is -0.456. The first kappa shape index (κ1) is 14.0. The number of rotatable bonds is 1. The van der Waals surface area contributed by atoms with Crippen molar-refractivity contribution in [3.8, 4) is 0 Å². The molecule has 0 bridgehead atoms. The van der Waals surface area contributed by atoms with E-state index in [4.69, 9.17) is 0 Å². The van der Waals surface area contributed by atoms with E-state index in [1.165, 1.54) is 6.07 Å². The fourth-order valence-electron chi connectivity index (χ4n) is 2.03. The minimum absolute atomic E-state index is 0.00561. The third-order valence-corrected chi connectivity index (χ3v) is 3.63. The van der Waals surface area contributed by atoms with E-state index in [9.17, 15) is 22.8 Å². The van der Waals surface area contributed by atoms with E-state index in [-0.39, 0.29) is 12.8 Å². The minimum atomic E-state index is -4.45. The number of carbonyl (C=O) groups excluding carboxylic acids is 2. The van der Waals surface area contributed by atoms with E-state index < -0.39 is 29.5 Å². The zero-order valence-electron chi connectivity index (χ0n) is 9.55. The van der Waals surface area contributed by atoms with Crippen molar-refractivity contribution < 1.29 is 22.8 Å². The third-order valence-electron chi connectivity index (χ3n) is 2.91. The van der Waals surface area contributed by atoms with Gasteiger partial charge in [-0.3, -0.25) is 14.9 Å². The standard InChI is InChI=1S/C12H9BrF3NO2/c13-9-2-1-7(12(14,15)16)5-8(9)6-3-10(18)17-11(19)4-6/h1-2,5-6H,3-4H2,(H,17,18,19). The molecule has 102 valence electrons. The van der Waals surface area contributed by atoms with Gasteiger partial charge in [0.1, 0.15) is 0 Å². The molecule has 1 aromatic rings. The number of imide groups is 1. The maximum Gasteiger partial charge on any atom is 0.416 e. The fraction of sp³-hybridized carbons (Fsp3) is 0.333. The van der Waals surface area contributed by atoms with Gasteiger partial charge in [-0.1, -0.05) is 15.9 Å². The van der Waals surface area contributed by atoms with Crippen LogP contribution in [0.4, 0.5) is 13.2 Å². The Balaban J connectivity index is 2.38. The maximum atomic E-state index is 12.7. The first-order valence-electron chi connectivity index (χ1n) is 5.46. The molecule has 1 aliphatic heterocycles. The summed E-state index contributed by atoms with van der Waals surface area (Å²) in [6, 6.07) is 3.23. The van der Waals surface area contributed by atoms with Gasteiger partial charge < -0.3 is 0 Å². The molecule has 0 spiro atoms. The molecule has 1 aromatic carbocycles. The van der Waals surface area contributed by atoms with Gasteiger partial charge >= 0.3 is 6.18 Å². The Labute approximate surface area is 115 Å². The fourth-order valence-corrected chi connectivity index (χ4v) is 2.60. The Bertz CT molecular complexity index is 526. The van der Waals surface area contributed by atoms with Crippen molar-refractivity contribution in [1.29, 1.82) is 0 Å². The second-order valence-electron chi connectivity index (χ2n) is 4.31. The van der Waals surface area contributed by atoms with Crippen LogP contribution in [-0.4, -0.2) is 11.8 Å². The highest BCUT2D eigenvalue weighted by molar-refractivity contribution is 9.10. The van der Waals surface area contributed by atoms with Gasteiger partial charge in [-0.2, -0.15) is 13.2 Å². The van der Waals surface area contributed by atoms with Crippen molar-refractivity contribution in [2.24, 2.45) is 0 Å². The number of halogens is 4. The lowest BCUT2D eigenvalue weighted by Gasteiger charge is -2.23. The van der Waals surface area contributed by atoms with E-state index >= 15 is 0 Å². The molecule has 1 N–H and O–H groups in total. The topological polar surface area (TPSA) is 46.2 Å². The number of alkyl halides is 3. The molecule has 0 aliphatic carbocycles. The molecule has 19 heavy (non-hydrogen) atoms. The maximum absolute atomic E-state index is 12.7. The number of hydrogen-bond acceptors (Lipinski definition) is 2. The smallest absolute Gasteiger partial charge is 0.296 e. The molecule has 0 saturated carbocycles. The number of hydrogen-bond donors (Lipinski definition) is 1. The van der Waals surface area contributed by atoms with Gasteiger partial charge in [0.05, 0.1) is 5.56 Å². The molecule has 3 nitrogen and oxygen atoms in total. The highest BCUT2D eigenvalue weighted by Crippen LogP contribution is 2.37. The number of benzene rings is 1. The van der Waals surface area contributed by atoms with Crippen molar-refractivity contribution in [2.75, 3.05) is 0 Å². The molecule has 1 aliphatic rings.